The zero-order valence-corrected chi connectivity index (χ0v) is 14.7. The average molecular weight is 336 g/mol. The molecule has 2 saturated heterocycles. The van der Waals surface area contributed by atoms with Crippen LogP contribution >= 0.6 is 12.4 Å². The number of fused-ring (bicyclic) bond motifs is 2. The number of rotatable bonds is 3. The first-order valence-corrected chi connectivity index (χ1v) is 8.70. The van der Waals surface area contributed by atoms with Gasteiger partial charge in [0.1, 0.15) is 0 Å². The molecule has 1 saturated carbocycles. The molecule has 2 heterocycles. The number of ether oxygens (including phenoxy) is 1. The highest BCUT2D eigenvalue weighted by molar-refractivity contribution is 5.85. The highest BCUT2D eigenvalue weighted by atomic mass is 35.5. The van der Waals surface area contributed by atoms with Crippen molar-refractivity contribution in [3.05, 3.63) is 35.4 Å². The smallest absolute Gasteiger partial charge is 0.310 e. The Hall–Kier alpha value is -1.06. The van der Waals surface area contributed by atoms with Gasteiger partial charge in [0.05, 0.1) is 12.5 Å². The van der Waals surface area contributed by atoms with Crippen molar-refractivity contribution >= 4 is 18.4 Å². The van der Waals surface area contributed by atoms with Crippen LogP contribution in [0.5, 0.6) is 0 Å². The van der Waals surface area contributed by atoms with Crippen LogP contribution in [0.2, 0.25) is 0 Å². The second-order valence-electron chi connectivity index (χ2n) is 7.16. The van der Waals surface area contributed by atoms with Crippen molar-refractivity contribution in [2.24, 2.45) is 11.8 Å². The van der Waals surface area contributed by atoms with E-state index in [9.17, 15) is 4.79 Å². The fraction of sp³-hybridized carbons (Fsp3) is 0.632. The minimum Gasteiger partial charge on any atom is -0.466 e. The maximum absolute atomic E-state index is 12.3. The average Bonchev–Trinajstić information content (AvgIpc) is 2.54. The third-order valence-corrected chi connectivity index (χ3v) is 6.42. The summed E-state index contributed by atoms with van der Waals surface area (Å²) in [6, 6.07) is 9.75. The lowest BCUT2D eigenvalue weighted by Crippen LogP contribution is -2.69. The Kier molecular flexibility index (Phi) is 4.45. The molecule has 0 spiro atoms. The number of benzene rings is 1. The molecule has 5 rings (SSSR count). The van der Waals surface area contributed by atoms with Crippen LogP contribution in [-0.4, -0.2) is 24.7 Å². The predicted octanol–water partition coefficient (Wildman–Crippen LogP) is 3.24. The third-order valence-electron chi connectivity index (χ3n) is 6.42. The number of piperidine rings is 2. The molecule has 4 bridgehead atoms. The maximum Gasteiger partial charge on any atom is 0.310 e. The van der Waals surface area contributed by atoms with Crippen LogP contribution < -0.4 is 5.32 Å². The molecule has 4 heteroatoms. The summed E-state index contributed by atoms with van der Waals surface area (Å²) < 4.78 is 5.31. The van der Waals surface area contributed by atoms with Gasteiger partial charge >= 0.3 is 5.97 Å². The van der Waals surface area contributed by atoms with Crippen molar-refractivity contribution < 1.29 is 9.53 Å². The molecule has 2 aliphatic heterocycles. The van der Waals surface area contributed by atoms with E-state index in [-0.39, 0.29) is 35.8 Å². The summed E-state index contributed by atoms with van der Waals surface area (Å²) in [4.78, 5) is 12.3. The maximum atomic E-state index is 12.3. The third kappa shape index (κ3) is 2.32. The normalized spacial score (nSPS) is 36.8. The largest absolute Gasteiger partial charge is 0.466 e. The first-order valence-electron chi connectivity index (χ1n) is 8.70. The molecule has 5 atom stereocenters. The Morgan fingerprint density at radius 2 is 2.09 bits per heavy atom. The predicted molar refractivity (Wildman–Crippen MR) is 92.9 cm³/mol. The summed E-state index contributed by atoms with van der Waals surface area (Å²) in [5.74, 6) is 0.611. The lowest BCUT2D eigenvalue weighted by Gasteiger charge is -2.61. The Morgan fingerprint density at radius 3 is 2.78 bits per heavy atom. The monoisotopic (exact) mass is 335 g/mol. The molecule has 3 nitrogen and oxygen atoms in total. The fourth-order valence-electron chi connectivity index (χ4n) is 5.50. The molecule has 3 unspecified atom stereocenters. The van der Waals surface area contributed by atoms with Gasteiger partial charge in [-0.1, -0.05) is 31.2 Å². The number of halogens is 1. The van der Waals surface area contributed by atoms with Crippen LogP contribution in [0.25, 0.3) is 0 Å². The van der Waals surface area contributed by atoms with Crippen LogP contribution in [-0.2, 0) is 21.4 Å². The van der Waals surface area contributed by atoms with Crippen molar-refractivity contribution in [2.75, 3.05) is 6.61 Å². The molecule has 1 aromatic rings. The van der Waals surface area contributed by atoms with Crippen LogP contribution in [0, 0.1) is 11.8 Å². The van der Waals surface area contributed by atoms with Gasteiger partial charge < -0.3 is 10.1 Å². The number of carbonyl (C=O) groups excluding carboxylic acids is 1. The fourth-order valence-corrected chi connectivity index (χ4v) is 5.50. The topological polar surface area (TPSA) is 38.3 Å². The zero-order chi connectivity index (χ0) is 15.3. The first kappa shape index (κ1) is 16.8. The van der Waals surface area contributed by atoms with Crippen LogP contribution in [0.3, 0.4) is 0 Å². The second-order valence-corrected chi connectivity index (χ2v) is 7.16. The highest BCUT2D eigenvalue weighted by Crippen LogP contribution is 2.56. The molecular formula is C19H26ClNO2. The van der Waals surface area contributed by atoms with Crippen molar-refractivity contribution in [3.8, 4) is 0 Å². The van der Waals surface area contributed by atoms with Gasteiger partial charge in [-0.05, 0) is 49.7 Å². The number of esters is 1. The number of nitrogens with one attached hydrogen (secondary N) is 1. The van der Waals surface area contributed by atoms with Gasteiger partial charge in [0, 0.05) is 17.5 Å². The van der Waals surface area contributed by atoms with Crippen LogP contribution in [0.4, 0.5) is 0 Å². The van der Waals surface area contributed by atoms with Crippen molar-refractivity contribution in [1.29, 1.82) is 0 Å². The molecule has 0 aromatic heterocycles. The molecule has 0 radical (unpaired) electrons. The molecule has 3 fully saturated rings. The SMILES string of the molecule is CCOC(=O)[C@H]1CC2C3Cc4ccccc4[C@]2(CC)CC1N3.Cl. The van der Waals surface area contributed by atoms with Gasteiger partial charge in [-0.25, -0.2) is 0 Å². The zero-order valence-electron chi connectivity index (χ0n) is 13.9. The molecule has 1 N–H and O–H groups in total. The molecule has 0 amide bonds. The first-order chi connectivity index (χ1) is 10.7. The highest BCUT2D eigenvalue weighted by Gasteiger charge is 2.59. The van der Waals surface area contributed by atoms with Gasteiger partial charge in [-0.2, -0.15) is 0 Å². The van der Waals surface area contributed by atoms with Gasteiger partial charge in [-0.3, -0.25) is 4.79 Å². The lowest BCUT2D eigenvalue weighted by molar-refractivity contribution is -0.155. The van der Waals surface area contributed by atoms with Gasteiger partial charge in [-0.15, -0.1) is 12.4 Å². The summed E-state index contributed by atoms with van der Waals surface area (Å²) in [7, 11) is 0. The van der Waals surface area contributed by atoms with E-state index in [4.69, 9.17) is 4.74 Å². The van der Waals surface area contributed by atoms with E-state index in [2.05, 4.69) is 36.5 Å². The Morgan fingerprint density at radius 1 is 1.30 bits per heavy atom. The van der Waals surface area contributed by atoms with E-state index in [0.717, 1.165) is 19.3 Å². The van der Waals surface area contributed by atoms with E-state index in [1.807, 2.05) is 6.92 Å². The second kappa shape index (κ2) is 6.10. The molecule has 126 valence electrons. The van der Waals surface area contributed by atoms with Crippen molar-refractivity contribution in [1.82, 2.24) is 5.32 Å². The van der Waals surface area contributed by atoms with E-state index < -0.39 is 0 Å². The summed E-state index contributed by atoms with van der Waals surface area (Å²) in [5.41, 5.74) is 3.32. The quantitative estimate of drug-likeness (QED) is 0.862. The van der Waals surface area contributed by atoms with E-state index in [1.54, 1.807) is 5.56 Å². The van der Waals surface area contributed by atoms with Gasteiger partial charge in [0.15, 0.2) is 0 Å². The number of carbonyl (C=O) groups is 1. The molecule has 4 aliphatic rings. The Bertz CT molecular complexity index is 605. The van der Waals surface area contributed by atoms with Crippen molar-refractivity contribution in [2.45, 2.75) is 57.0 Å². The van der Waals surface area contributed by atoms with Crippen LogP contribution in [0.15, 0.2) is 24.3 Å². The van der Waals surface area contributed by atoms with E-state index in [1.165, 1.54) is 12.0 Å². The van der Waals surface area contributed by atoms with Gasteiger partial charge in [0.25, 0.3) is 0 Å². The van der Waals surface area contributed by atoms with Gasteiger partial charge in [0.2, 0.25) is 0 Å². The number of hydrogen-bond acceptors (Lipinski definition) is 3. The van der Waals surface area contributed by atoms with Crippen LogP contribution in [0.1, 0.15) is 44.2 Å². The summed E-state index contributed by atoms with van der Waals surface area (Å²) >= 11 is 0. The van der Waals surface area contributed by atoms with E-state index >= 15 is 0 Å². The minimum absolute atomic E-state index is 0. The molecule has 23 heavy (non-hydrogen) atoms. The molecule has 1 aromatic carbocycles. The summed E-state index contributed by atoms with van der Waals surface area (Å²) in [5, 5.41) is 3.77. The van der Waals surface area contributed by atoms with E-state index in [0.29, 0.717) is 18.6 Å². The minimum atomic E-state index is 0. The molecular weight excluding hydrogens is 310 g/mol. The standard InChI is InChI=1S/C19H25NO2.ClH/c1-3-19-11-17-13(18(21)22-4-2)10-15(19)16(20-17)9-12-7-5-6-8-14(12)19;/h5-8,13,15-17,20H,3-4,9-11H2,1-2H3;1H/t13-,15?,16?,17?,19-;/m0./s1. The number of hydrogen-bond donors (Lipinski definition) is 1. The van der Waals surface area contributed by atoms with Crippen molar-refractivity contribution in [3.63, 3.8) is 0 Å². The molecule has 2 aliphatic carbocycles. The Balaban J connectivity index is 0.00000156. The lowest BCUT2D eigenvalue weighted by atomic mass is 9.49. The Labute approximate surface area is 144 Å². The summed E-state index contributed by atoms with van der Waals surface area (Å²) in [6.07, 6.45) is 4.34. The summed E-state index contributed by atoms with van der Waals surface area (Å²) in [6.45, 7) is 4.70.